The van der Waals surface area contributed by atoms with Crippen molar-refractivity contribution in [3.05, 3.63) is 29.8 Å². The highest BCUT2D eigenvalue weighted by atomic mass is 16.5. The fourth-order valence-electron chi connectivity index (χ4n) is 1.73. The molecule has 0 aliphatic heterocycles. The second-order valence-electron chi connectivity index (χ2n) is 6.65. The fraction of sp³-hybridized carbons (Fsp3) is 0.588. The molecule has 0 heterocycles. The van der Waals surface area contributed by atoms with Crippen molar-refractivity contribution in [3.63, 3.8) is 0 Å². The summed E-state index contributed by atoms with van der Waals surface area (Å²) in [6.07, 6.45) is 0. The van der Waals surface area contributed by atoms with Crippen LogP contribution in [-0.2, 0) is 6.54 Å². The molecule has 1 aromatic rings. The molecule has 0 fully saturated rings. The Labute approximate surface area is 129 Å². The number of nitrogens with zero attached hydrogens (tertiary/aromatic N) is 1. The van der Waals surface area contributed by atoms with Crippen LogP contribution in [0.2, 0.25) is 0 Å². The van der Waals surface area contributed by atoms with Crippen molar-refractivity contribution < 1.29 is 4.74 Å². The molecule has 1 aromatic carbocycles. The second kappa shape index (κ2) is 7.91. The number of benzene rings is 1. The molecule has 0 saturated carbocycles. The maximum Gasteiger partial charge on any atom is 0.191 e. The molecule has 1 rings (SSSR count). The first-order valence-electron chi connectivity index (χ1n) is 7.51. The topological polar surface area (TPSA) is 45.7 Å². The Morgan fingerprint density at radius 2 is 2.00 bits per heavy atom. The van der Waals surface area contributed by atoms with Crippen molar-refractivity contribution in [2.75, 3.05) is 13.7 Å². The number of nitrogens with one attached hydrogen (secondary N) is 2. The molecule has 0 unspecified atom stereocenters. The predicted molar refractivity (Wildman–Crippen MR) is 89.9 cm³/mol. The second-order valence-corrected chi connectivity index (χ2v) is 6.65. The average molecular weight is 291 g/mol. The van der Waals surface area contributed by atoms with Gasteiger partial charge >= 0.3 is 0 Å². The minimum Gasteiger partial charge on any atom is -0.493 e. The van der Waals surface area contributed by atoms with Crippen molar-refractivity contribution >= 4 is 5.96 Å². The summed E-state index contributed by atoms with van der Waals surface area (Å²) in [5, 5.41) is 6.66. The highest BCUT2D eigenvalue weighted by Crippen LogP contribution is 2.14. The van der Waals surface area contributed by atoms with E-state index >= 15 is 0 Å². The molecule has 0 atom stereocenters. The summed E-state index contributed by atoms with van der Waals surface area (Å²) < 4.78 is 5.75. The molecule has 0 saturated heterocycles. The molecule has 118 valence electrons. The number of ether oxygens (including phenoxy) is 1. The molecule has 0 aliphatic rings. The molecule has 0 aliphatic carbocycles. The lowest BCUT2D eigenvalue weighted by Crippen LogP contribution is -2.47. The van der Waals surface area contributed by atoms with Gasteiger partial charge in [0.25, 0.3) is 0 Å². The van der Waals surface area contributed by atoms with E-state index in [1.807, 2.05) is 12.1 Å². The van der Waals surface area contributed by atoms with Crippen molar-refractivity contribution in [1.82, 2.24) is 10.6 Å². The fourth-order valence-corrected chi connectivity index (χ4v) is 1.73. The van der Waals surface area contributed by atoms with Gasteiger partial charge in [0.05, 0.1) is 6.61 Å². The molecule has 0 amide bonds. The normalized spacial score (nSPS) is 12.4. The highest BCUT2D eigenvalue weighted by molar-refractivity contribution is 5.80. The predicted octanol–water partition coefficient (Wildman–Crippen LogP) is 3.18. The molecule has 0 radical (unpaired) electrons. The zero-order valence-corrected chi connectivity index (χ0v) is 14.2. The lowest BCUT2D eigenvalue weighted by atomic mass is 10.1. The maximum atomic E-state index is 5.75. The quantitative estimate of drug-likeness (QED) is 0.647. The Morgan fingerprint density at radius 3 is 2.57 bits per heavy atom. The van der Waals surface area contributed by atoms with Gasteiger partial charge in [0, 0.05) is 19.1 Å². The Balaban J connectivity index is 2.56. The third kappa shape index (κ3) is 7.59. The third-order valence-electron chi connectivity index (χ3n) is 2.66. The van der Waals surface area contributed by atoms with E-state index in [0.717, 1.165) is 18.3 Å². The number of hydrogen-bond acceptors (Lipinski definition) is 2. The molecular formula is C17H29N3O. The van der Waals surface area contributed by atoms with Crippen LogP contribution in [-0.4, -0.2) is 25.2 Å². The number of aliphatic imine (C=N–C) groups is 1. The molecule has 21 heavy (non-hydrogen) atoms. The van der Waals surface area contributed by atoms with Gasteiger partial charge in [0.2, 0.25) is 0 Å². The monoisotopic (exact) mass is 291 g/mol. The summed E-state index contributed by atoms with van der Waals surface area (Å²) in [5.41, 5.74) is 1.16. The molecule has 0 spiro atoms. The standard InChI is InChI=1S/C17H29N3O/c1-13(2)12-21-15-9-7-8-14(10-15)11-19-16(18-6)20-17(3,4)5/h7-10,13H,11-12H2,1-6H3,(H2,18,19,20). The van der Waals surface area contributed by atoms with E-state index in [-0.39, 0.29) is 5.54 Å². The molecule has 4 heteroatoms. The first kappa shape index (κ1) is 17.3. The third-order valence-corrected chi connectivity index (χ3v) is 2.66. The van der Waals surface area contributed by atoms with Crippen molar-refractivity contribution in [2.45, 2.75) is 46.7 Å². The van der Waals surface area contributed by atoms with E-state index < -0.39 is 0 Å². The van der Waals surface area contributed by atoms with E-state index in [0.29, 0.717) is 12.5 Å². The van der Waals surface area contributed by atoms with Crippen LogP contribution in [0.15, 0.2) is 29.3 Å². The van der Waals surface area contributed by atoms with E-state index in [4.69, 9.17) is 4.74 Å². The van der Waals surface area contributed by atoms with Gasteiger partial charge in [-0.2, -0.15) is 0 Å². The average Bonchev–Trinajstić information content (AvgIpc) is 2.40. The first-order valence-corrected chi connectivity index (χ1v) is 7.51. The van der Waals surface area contributed by atoms with E-state index in [1.165, 1.54) is 5.56 Å². The van der Waals surface area contributed by atoms with E-state index in [9.17, 15) is 0 Å². The van der Waals surface area contributed by atoms with Crippen LogP contribution in [0.25, 0.3) is 0 Å². The van der Waals surface area contributed by atoms with Gasteiger partial charge in [-0.3, -0.25) is 4.99 Å². The van der Waals surface area contributed by atoms with Crippen LogP contribution in [0.3, 0.4) is 0 Å². The molecule has 0 bridgehead atoms. The Kier molecular flexibility index (Phi) is 6.53. The molecule has 2 N–H and O–H groups in total. The van der Waals surface area contributed by atoms with Crippen LogP contribution in [0.4, 0.5) is 0 Å². The van der Waals surface area contributed by atoms with Gasteiger partial charge in [-0.15, -0.1) is 0 Å². The molecular weight excluding hydrogens is 262 g/mol. The van der Waals surface area contributed by atoms with Crippen LogP contribution in [0.1, 0.15) is 40.2 Å². The summed E-state index contributed by atoms with van der Waals surface area (Å²) in [4.78, 5) is 4.23. The number of hydrogen-bond donors (Lipinski definition) is 2. The molecule has 4 nitrogen and oxygen atoms in total. The van der Waals surface area contributed by atoms with Gasteiger partial charge in [-0.25, -0.2) is 0 Å². The van der Waals surface area contributed by atoms with Crippen molar-refractivity contribution in [3.8, 4) is 5.75 Å². The lowest BCUT2D eigenvalue weighted by Gasteiger charge is -2.23. The number of guanidine groups is 1. The van der Waals surface area contributed by atoms with E-state index in [2.05, 4.69) is 62.4 Å². The summed E-state index contributed by atoms with van der Waals surface area (Å²) in [7, 11) is 1.78. The Hall–Kier alpha value is -1.71. The Morgan fingerprint density at radius 1 is 1.29 bits per heavy atom. The smallest absolute Gasteiger partial charge is 0.191 e. The van der Waals surface area contributed by atoms with E-state index in [1.54, 1.807) is 7.05 Å². The van der Waals surface area contributed by atoms with Gasteiger partial charge in [-0.1, -0.05) is 26.0 Å². The minimum atomic E-state index is -0.00985. The van der Waals surface area contributed by atoms with Crippen molar-refractivity contribution in [2.24, 2.45) is 10.9 Å². The van der Waals surface area contributed by atoms with Gasteiger partial charge in [-0.05, 0) is 44.4 Å². The van der Waals surface area contributed by atoms with Crippen LogP contribution in [0.5, 0.6) is 5.75 Å². The first-order chi connectivity index (χ1) is 9.80. The molecule has 0 aromatic heterocycles. The van der Waals surface area contributed by atoms with Crippen LogP contribution >= 0.6 is 0 Å². The zero-order chi connectivity index (χ0) is 15.9. The zero-order valence-electron chi connectivity index (χ0n) is 14.2. The van der Waals surface area contributed by atoms with Crippen LogP contribution < -0.4 is 15.4 Å². The maximum absolute atomic E-state index is 5.75. The van der Waals surface area contributed by atoms with Crippen molar-refractivity contribution in [1.29, 1.82) is 0 Å². The summed E-state index contributed by atoms with van der Waals surface area (Å²) in [5.74, 6) is 2.25. The van der Waals surface area contributed by atoms with Gasteiger partial charge in [0.1, 0.15) is 5.75 Å². The van der Waals surface area contributed by atoms with Crippen LogP contribution in [0, 0.1) is 5.92 Å². The SMILES string of the molecule is CN=C(NCc1cccc(OCC(C)C)c1)NC(C)(C)C. The minimum absolute atomic E-state index is 0.00985. The lowest BCUT2D eigenvalue weighted by molar-refractivity contribution is 0.271. The summed E-state index contributed by atoms with van der Waals surface area (Å²) >= 11 is 0. The Bertz CT molecular complexity index is 461. The number of rotatable bonds is 5. The van der Waals surface area contributed by atoms with Gasteiger partial charge in [0.15, 0.2) is 5.96 Å². The highest BCUT2D eigenvalue weighted by Gasteiger charge is 2.11. The largest absolute Gasteiger partial charge is 0.493 e. The van der Waals surface area contributed by atoms with Gasteiger partial charge < -0.3 is 15.4 Å². The summed E-state index contributed by atoms with van der Waals surface area (Å²) in [6, 6.07) is 8.17. The summed E-state index contributed by atoms with van der Waals surface area (Å²) in [6.45, 7) is 12.1.